The average Bonchev–Trinajstić information content (AvgIpc) is 2.38. The van der Waals surface area contributed by atoms with Crippen LogP contribution >= 0.6 is 0 Å². The maximum absolute atomic E-state index is 10.3. The minimum absolute atomic E-state index is 0.878. The molecule has 1 N–H and O–H groups in total. The Hall–Kier alpha value is -1.81. The van der Waals surface area contributed by atoms with Gasteiger partial charge in [0.2, 0.25) is 0 Å². The van der Waals surface area contributed by atoms with Crippen LogP contribution in [0.2, 0.25) is 0 Å². The van der Waals surface area contributed by atoms with Crippen molar-refractivity contribution >= 4 is 17.7 Å². The third-order valence-electron chi connectivity index (χ3n) is 3.29. The van der Waals surface area contributed by atoms with E-state index in [4.69, 9.17) is 0 Å². The van der Waals surface area contributed by atoms with Crippen molar-refractivity contribution in [3.8, 4) is 0 Å². The second-order valence-corrected chi connectivity index (χ2v) is 4.69. The minimum Gasteiger partial charge on any atom is -0.545 e. The van der Waals surface area contributed by atoms with E-state index in [1.165, 1.54) is 5.69 Å². The average molecular weight is 246 g/mol. The molecule has 1 heterocycles. The summed E-state index contributed by atoms with van der Waals surface area (Å²) in [5.74, 6) is -1.17. The molecule has 0 amide bonds. The topological polar surface area (TPSA) is 47.8 Å². The molecule has 96 valence electrons. The Morgan fingerprint density at radius 3 is 2.44 bits per heavy atom. The molecule has 18 heavy (non-hydrogen) atoms. The highest BCUT2D eigenvalue weighted by Crippen LogP contribution is 2.15. The molecule has 1 fully saturated rings. The zero-order valence-corrected chi connectivity index (χ0v) is 10.6. The van der Waals surface area contributed by atoms with Crippen LogP contribution in [0.3, 0.4) is 0 Å². The summed E-state index contributed by atoms with van der Waals surface area (Å²) in [5.41, 5.74) is 2.08. The Morgan fingerprint density at radius 2 is 1.89 bits per heavy atom. The third-order valence-corrected chi connectivity index (χ3v) is 3.29. The van der Waals surface area contributed by atoms with Gasteiger partial charge >= 0.3 is 0 Å². The number of benzene rings is 1. The number of quaternary nitrogens is 1. The Bertz CT molecular complexity index is 432. The van der Waals surface area contributed by atoms with Crippen LogP contribution in [0.25, 0.3) is 6.08 Å². The quantitative estimate of drug-likeness (QED) is 0.681. The summed E-state index contributed by atoms with van der Waals surface area (Å²) in [5, 5.41) is 10.3. The van der Waals surface area contributed by atoms with E-state index < -0.39 is 5.97 Å². The van der Waals surface area contributed by atoms with Crippen molar-refractivity contribution in [1.82, 2.24) is 0 Å². The first kappa shape index (κ1) is 12.6. The molecule has 1 aromatic carbocycles. The third kappa shape index (κ3) is 3.34. The summed E-state index contributed by atoms with van der Waals surface area (Å²) in [7, 11) is 2.21. The smallest absolute Gasteiger partial charge is 0.0947 e. The number of nitrogens with one attached hydrogen (secondary N) is 1. The number of likely N-dealkylation sites (N-methyl/N-ethyl adjacent to an activating group) is 1. The SMILES string of the molecule is C[NH+]1CCN(c2ccc(/C=C/C(=O)[O-])cc2)CC1. The van der Waals surface area contributed by atoms with Crippen molar-refractivity contribution in [3.05, 3.63) is 35.9 Å². The van der Waals surface area contributed by atoms with E-state index in [9.17, 15) is 9.90 Å². The Kier molecular flexibility index (Phi) is 3.99. The largest absolute Gasteiger partial charge is 0.545 e. The lowest BCUT2D eigenvalue weighted by molar-refractivity contribution is -0.880. The second kappa shape index (κ2) is 5.69. The zero-order valence-electron chi connectivity index (χ0n) is 10.6. The standard InChI is InChI=1S/C14H18N2O2/c1-15-8-10-16(11-9-15)13-5-2-12(3-6-13)4-7-14(17)18/h2-7H,8-11H2,1H3,(H,17,18)/b7-4+. The maximum Gasteiger partial charge on any atom is 0.0947 e. The van der Waals surface area contributed by atoms with Crippen molar-refractivity contribution in [2.45, 2.75) is 0 Å². The van der Waals surface area contributed by atoms with Gasteiger partial charge in [0.1, 0.15) is 0 Å². The first-order valence-corrected chi connectivity index (χ1v) is 6.20. The van der Waals surface area contributed by atoms with E-state index in [2.05, 4.69) is 11.9 Å². The number of piperazine rings is 1. The van der Waals surface area contributed by atoms with Crippen molar-refractivity contribution in [3.63, 3.8) is 0 Å². The highest BCUT2D eigenvalue weighted by molar-refractivity contribution is 5.83. The summed E-state index contributed by atoms with van der Waals surface area (Å²) >= 11 is 0. The number of carbonyl (C=O) groups is 1. The molecule has 0 atom stereocenters. The molecular formula is C14H18N2O2. The number of hydrogen-bond donors (Lipinski definition) is 1. The van der Waals surface area contributed by atoms with E-state index in [0.29, 0.717) is 0 Å². The molecule has 1 saturated heterocycles. The predicted octanol–water partition coefficient (Wildman–Crippen LogP) is -1.22. The summed E-state index contributed by atoms with van der Waals surface area (Å²) in [6, 6.07) is 7.94. The first-order valence-electron chi connectivity index (χ1n) is 6.20. The first-order chi connectivity index (χ1) is 8.65. The minimum atomic E-state index is -1.17. The number of aliphatic carboxylic acids is 1. The molecule has 4 nitrogen and oxygen atoms in total. The van der Waals surface area contributed by atoms with Crippen LogP contribution in [0, 0.1) is 0 Å². The molecule has 0 spiro atoms. The van der Waals surface area contributed by atoms with Gasteiger partial charge in [-0.2, -0.15) is 0 Å². The lowest BCUT2D eigenvalue weighted by Gasteiger charge is -2.31. The summed E-state index contributed by atoms with van der Waals surface area (Å²) < 4.78 is 0. The van der Waals surface area contributed by atoms with E-state index in [1.807, 2.05) is 24.3 Å². The van der Waals surface area contributed by atoms with Crippen LogP contribution in [-0.2, 0) is 4.79 Å². The van der Waals surface area contributed by atoms with E-state index in [0.717, 1.165) is 37.8 Å². The molecule has 0 aromatic heterocycles. The van der Waals surface area contributed by atoms with Crippen LogP contribution < -0.4 is 14.9 Å². The highest BCUT2D eigenvalue weighted by Gasteiger charge is 2.16. The van der Waals surface area contributed by atoms with Gasteiger partial charge in [-0.1, -0.05) is 18.2 Å². The molecule has 4 heteroatoms. The van der Waals surface area contributed by atoms with Gasteiger partial charge < -0.3 is 19.7 Å². The maximum atomic E-state index is 10.3. The summed E-state index contributed by atoms with van der Waals surface area (Å²) in [4.78, 5) is 14.2. The summed E-state index contributed by atoms with van der Waals surface area (Å²) in [6.45, 7) is 4.46. The van der Waals surface area contributed by atoms with Crippen molar-refractivity contribution in [2.75, 3.05) is 38.1 Å². The molecule has 0 bridgehead atoms. The van der Waals surface area contributed by atoms with Gasteiger partial charge in [0.25, 0.3) is 0 Å². The number of rotatable bonds is 3. The molecule has 0 radical (unpaired) electrons. The second-order valence-electron chi connectivity index (χ2n) is 4.69. The number of carboxylic acids is 1. The number of carbonyl (C=O) groups excluding carboxylic acids is 1. The fourth-order valence-electron chi connectivity index (χ4n) is 2.11. The van der Waals surface area contributed by atoms with Crippen molar-refractivity contribution in [2.24, 2.45) is 0 Å². The molecule has 0 aliphatic carbocycles. The number of anilines is 1. The highest BCUT2D eigenvalue weighted by atomic mass is 16.4. The Balaban J connectivity index is 2.01. The van der Waals surface area contributed by atoms with Crippen LogP contribution in [-0.4, -0.2) is 39.2 Å². The Morgan fingerprint density at radius 1 is 1.28 bits per heavy atom. The number of nitrogens with zero attached hydrogens (tertiary/aromatic N) is 1. The monoisotopic (exact) mass is 246 g/mol. The molecule has 2 rings (SSSR count). The van der Waals surface area contributed by atoms with Crippen LogP contribution in [0.1, 0.15) is 5.56 Å². The fourth-order valence-corrected chi connectivity index (χ4v) is 2.11. The fraction of sp³-hybridized carbons (Fsp3) is 0.357. The van der Waals surface area contributed by atoms with Gasteiger partial charge in [-0.15, -0.1) is 0 Å². The molecule has 0 saturated carbocycles. The number of carboxylic acid groups (broad SMARTS) is 1. The predicted molar refractivity (Wildman–Crippen MR) is 69.3 cm³/mol. The van der Waals surface area contributed by atoms with Gasteiger partial charge in [-0.3, -0.25) is 0 Å². The molecule has 1 aromatic rings. The van der Waals surface area contributed by atoms with Crippen molar-refractivity contribution < 1.29 is 14.8 Å². The lowest BCUT2D eigenvalue weighted by Crippen LogP contribution is -3.12. The van der Waals surface area contributed by atoms with E-state index in [-0.39, 0.29) is 0 Å². The number of hydrogen-bond acceptors (Lipinski definition) is 3. The normalized spacial score (nSPS) is 17.3. The van der Waals surface area contributed by atoms with Crippen LogP contribution in [0.15, 0.2) is 30.3 Å². The molecular weight excluding hydrogens is 228 g/mol. The molecule has 1 aliphatic rings. The van der Waals surface area contributed by atoms with E-state index in [1.54, 1.807) is 11.0 Å². The Labute approximate surface area is 107 Å². The van der Waals surface area contributed by atoms with Gasteiger partial charge in [0.15, 0.2) is 0 Å². The molecule has 0 unspecified atom stereocenters. The van der Waals surface area contributed by atoms with Crippen LogP contribution in [0.4, 0.5) is 5.69 Å². The zero-order chi connectivity index (χ0) is 13.0. The van der Waals surface area contributed by atoms with Gasteiger partial charge in [0.05, 0.1) is 39.2 Å². The van der Waals surface area contributed by atoms with E-state index >= 15 is 0 Å². The lowest BCUT2D eigenvalue weighted by atomic mass is 10.1. The molecule has 1 aliphatic heterocycles. The van der Waals surface area contributed by atoms with Gasteiger partial charge in [0, 0.05) is 5.69 Å². The van der Waals surface area contributed by atoms with Gasteiger partial charge in [-0.25, -0.2) is 0 Å². The summed E-state index contributed by atoms with van der Waals surface area (Å²) in [6.07, 6.45) is 2.60. The van der Waals surface area contributed by atoms with Crippen LogP contribution in [0.5, 0.6) is 0 Å². The van der Waals surface area contributed by atoms with Crippen molar-refractivity contribution in [1.29, 1.82) is 0 Å². The van der Waals surface area contributed by atoms with Gasteiger partial charge in [-0.05, 0) is 23.8 Å².